The van der Waals surface area contributed by atoms with Crippen molar-refractivity contribution in [1.82, 2.24) is 4.72 Å². The van der Waals surface area contributed by atoms with Crippen LogP contribution in [0.15, 0.2) is 23.1 Å². The third-order valence-electron chi connectivity index (χ3n) is 2.89. The molecule has 1 aromatic rings. The first-order valence-corrected chi connectivity index (χ1v) is 8.24. The van der Waals surface area contributed by atoms with E-state index in [2.05, 4.69) is 4.72 Å². The molecule has 0 aliphatic heterocycles. The second-order valence-electron chi connectivity index (χ2n) is 4.27. The van der Waals surface area contributed by atoms with Gasteiger partial charge in [0.2, 0.25) is 10.0 Å². The third kappa shape index (κ3) is 5.12. The molecule has 120 valence electrons. The summed E-state index contributed by atoms with van der Waals surface area (Å²) in [5.41, 5.74) is 0.613. The van der Waals surface area contributed by atoms with Gasteiger partial charge >= 0.3 is 0 Å². The van der Waals surface area contributed by atoms with Crippen LogP contribution in [0.2, 0.25) is 0 Å². The van der Waals surface area contributed by atoms with Gasteiger partial charge in [-0.2, -0.15) is 0 Å². The summed E-state index contributed by atoms with van der Waals surface area (Å²) in [6, 6.07) is 4.54. The Morgan fingerprint density at radius 3 is 2.52 bits per heavy atom. The highest BCUT2D eigenvalue weighted by molar-refractivity contribution is 7.89. The Morgan fingerprint density at radius 1 is 1.29 bits per heavy atom. The van der Waals surface area contributed by atoms with Crippen molar-refractivity contribution in [2.45, 2.75) is 16.9 Å². The maximum atomic E-state index is 12.2. The molecule has 1 unspecified atom stereocenters. The maximum absolute atomic E-state index is 12.2. The van der Waals surface area contributed by atoms with Crippen molar-refractivity contribution in [2.75, 3.05) is 34.5 Å². The van der Waals surface area contributed by atoms with Gasteiger partial charge in [-0.25, -0.2) is 13.1 Å². The van der Waals surface area contributed by atoms with Gasteiger partial charge in [0.1, 0.15) is 5.75 Å². The molecule has 6 nitrogen and oxygen atoms in total. The van der Waals surface area contributed by atoms with Crippen LogP contribution in [0, 0.1) is 0 Å². The van der Waals surface area contributed by atoms with Crippen LogP contribution in [0.3, 0.4) is 0 Å². The van der Waals surface area contributed by atoms with E-state index in [-0.39, 0.29) is 23.4 Å². The van der Waals surface area contributed by atoms with Crippen LogP contribution >= 0.6 is 11.6 Å². The van der Waals surface area contributed by atoms with E-state index in [0.717, 1.165) is 0 Å². The average Bonchev–Trinajstić information content (AvgIpc) is 2.50. The predicted octanol–water partition coefficient (Wildman–Crippen LogP) is 1.37. The fourth-order valence-electron chi connectivity index (χ4n) is 1.71. The Kier molecular flexibility index (Phi) is 7.41. The summed E-state index contributed by atoms with van der Waals surface area (Å²) in [7, 11) is 0.886. The lowest BCUT2D eigenvalue weighted by Crippen LogP contribution is -2.35. The zero-order valence-corrected chi connectivity index (χ0v) is 13.8. The number of hydrogen-bond acceptors (Lipinski definition) is 5. The first-order valence-electron chi connectivity index (χ1n) is 6.22. The molecule has 1 N–H and O–H groups in total. The molecule has 0 aliphatic rings. The first kappa shape index (κ1) is 18.2. The quantitative estimate of drug-likeness (QED) is 0.689. The molecular weight excluding hydrogens is 318 g/mol. The van der Waals surface area contributed by atoms with Crippen LogP contribution in [0.4, 0.5) is 0 Å². The van der Waals surface area contributed by atoms with Crippen LogP contribution in [0.25, 0.3) is 0 Å². The van der Waals surface area contributed by atoms with E-state index in [4.69, 9.17) is 25.8 Å². The van der Waals surface area contributed by atoms with Crippen LogP contribution in [-0.2, 0) is 25.4 Å². The van der Waals surface area contributed by atoms with Gasteiger partial charge in [0.05, 0.1) is 30.6 Å². The van der Waals surface area contributed by atoms with Gasteiger partial charge in [-0.1, -0.05) is 0 Å². The lowest BCUT2D eigenvalue weighted by atomic mass is 10.2. The topological polar surface area (TPSA) is 73.9 Å². The Morgan fingerprint density at radius 2 is 2.00 bits per heavy atom. The van der Waals surface area contributed by atoms with Crippen molar-refractivity contribution in [2.24, 2.45) is 0 Å². The first-order chi connectivity index (χ1) is 9.98. The number of alkyl halides is 1. The lowest BCUT2D eigenvalue weighted by Gasteiger charge is -2.15. The van der Waals surface area contributed by atoms with Crippen molar-refractivity contribution >= 4 is 21.6 Å². The third-order valence-corrected chi connectivity index (χ3v) is 4.60. The van der Waals surface area contributed by atoms with E-state index in [0.29, 0.717) is 17.9 Å². The van der Waals surface area contributed by atoms with Crippen LogP contribution in [0.1, 0.15) is 5.56 Å². The van der Waals surface area contributed by atoms with Gasteiger partial charge in [0.25, 0.3) is 0 Å². The standard InChI is InChI=1S/C13H20ClNO5S/c1-18-9-11(19-2)8-15-21(16,17)12-4-5-13(20-3)10(6-12)7-14/h4-6,11,15H,7-9H2,1-3H3. The SMILES string of the molecule is COCC(CNS(=O)(=O)c1ccc(OC)c(CCl)c1)OC. The zero-order chi connectivity index (χ0) is 15.9. The molecule has 0 fully saturated rings. The van der Waals surface area contributed by atoms with Gasteiger partial charge in [-0.05, 0) is 18.2 Å². The molecule has 0 saturated carbocycles. The summed E-state index contributed by atoms with van der Waals surface area (Å²) in [4.78, 5) is 0.131. The number of hydrogen-bond donors (Lipinski definition) is 1. The summed E-state index contributed by atoms with van der Waals surface area (Å²) in [6.45, 7) is 0.420. The minimum Gasteiger partial charge on any atom is -0.496 e. The molecule has 8 heteroatoms. The van der Waals surface area contributed by atoms with Crippen molar-refractivity contribution in [1.29, 1.82) is 0 Å². The highest BCUT2D eigenvalue weighted by Gasteiger charge is 2.18. The molecule has 1 aromatic carbocycles. The second kappa shape index (κ2) is 8.55. The van der Waals surface area contributed by atoms with Gasteiger partial charge < -0.3 is 14.2 Å². The number of sulfonamides is 1. The largest absolute Gasteiger partial charge is 0.496 e. The molecule has 0 aromatic heterocycles. The maximum Gasteiger partial charge on any atom is 0.240 e. The van der Waals surface area contributed by atoms with Gasteiger partial charge in [0, 0.05) is 26.3 Å². The Hall–Kier alpha value is -0.860. The highest BCUT2D eigenvalue weighted by atomic mass is 35.5. The molecule has 0 amide bonds. The molecule has 21 heavy (non-hydrogen) atoms. The molecule has 0 heterocycles. The molecule has 1 atom stereocenters. The van der Waals surface area contributed by atoms with Gasteiger partial charge in [-0.3, -0.25) is 0 Å². The van der Waals surface area contributed by atoms with Crippen molar-refractivity contribution in [3.05, 3.63) is 23.8 Å². The lowest BCUT2D eigenvalue weighted by molar-refractivity contribution is 0.0320. The van der Waals surface area contributed by atoms with E-state index in [9.17, 15) is 8.42 Å². The van der Waals surface area contributed by atoms with Crippen LogP contribution in [0.5, 0.6) is 5.75 Å². The normalized spacial score (nSPS) is 13.1. The summed E-state index contributed by atoms with van der Waals surface area (Å²) >= 11 is 5.79. The Bertz CT molecular complexity index is 549. The number of rotatable bonds is 9. The summed E-state index contributed by atoms with van der Waals surface area (Å²) in [5.74, 6) is 0.717. The number of ether oxygens (including phenoxy) is 3. The summed E-state index contributed by atoms with van der Waals surface area (Å²) < 4.78 is 42.1. The fourth-order valence-corrected chi connectivity index (χ4v) is 3.03. The van der Waals surface area contributed by atoms with Gasteiger partial charge in [0.15, 0.2) is 0 Å². The Balaban J connectivity index is 2.87. The molecule has 0 saturated heterocycles. The van der Waals surface area contributed by atoms with E-state index >= 15 is 0 Å². The van der Waals surface area contributed by atoms with Crippen molar-refractivity contribution in [3.8, 4) is 5.75 Å². The van der Waals surface area contributed by atoms with E-state index in [1.54, 1.807) is 6.07 Å². The summed E-state index contributed by atoms with van der Waals surface area (Å²) in [6.07, 6.45) is -0.351. The minimum absolute atomic E-state index is 0.120. The molecule has 0 bridgehead atoms. The molecular formula is C13H20ClNO5S. The molecule has 1 rings (SSSR count). The van der Waals surface area contributed by atoms with Gasteiger partial charge in [-0.15, -0.1) is 11.6 Å². The average molecular weight is 338 g/mol. The second-order valence-corrected chi connectivity index (χ2v) is 6.31. The van der Waals surface area contributed by atoms with E-state index < -0.39 is 10.0 Å². The summed E-state index contributed by atoms with van der Waals surface area (Å²) in [5, 5.41) is 0. The van der Waals surface area contributed by atoms with Crippen molar-refractivity contribution in [3.63, 3.8) is 0 Å². The predicted molar refractivity (Wildman–Crippen MR) is 80.4 cm³/mol. The van der Waals surface area contributed by atoms with E-state index in [1.165, 1.54) is 33.5 Å². The van der Waals surface area contributed by atoms with Crippen LogP contribution in [-0.4, -0.2) is 49.0 Å². The van der Waals surface area contributed by atoms with Crippen molar-refractivity contribution < 1.29 is 22.6 Å². The number of nitrogens with one attached hydrogen (secondary N) is 1. The zero-order valence-electron chi connectivity index (χ0n) is 12.3. The Labute approximate surface area is 130 Å². The highest BCUT2D eigenvalue weighted by Crippen LogP contribution is 2.23. The molecule has 0 spiro atoms. The van der Waals surface area contributed by atoms with E-state index in [1.807, 2.05) is 0 Å². The fraction of sp³-hybridized carbons (Fsp3) is 0.538. The number of methoxy groups -OCH3 is 3. The number of halogens is 1. The number of benzene rings is 1. The minimum atomic E-state index is -3.64. The monoisotopic (exact) mass is 337 g/mol. The smallest absolute Gasteiger partial charge is 0.240 e. The molecule has 0 radical (unpaired) electrons. The molecule has 0 aliphatic carbocycles. The van der Waals surface area contributed by atoms with Crippen LogP contribution < -0.4 is 9.46 Å².